The maximum Gasteiger partial charge on any atom is 0.331 e. The van der Waals surface area contributed by atoms with E-state index in [1.807, 2.05) is 0 Å². The van der Waals surface area contributed by atoms with Gasteiger partial charge in [0.05, 0.1) is 5.56 Å². The van der Waals surface area contributed by atoms with Gasteiger partial charge in [-0.2, -0.15) is 0 Å². The van der Waals surface area contributed by atoms with Gasteiger partial charge in [-0.1, -0.05) is 6.92 Å². The Morgan fingerprint density at radius 1 is 1.47 bits per heavy atom. The molecule has 1 aromatic heterocycles. The SMILES string of the molecule is CCc1c(O)n(CCCC(N)=O)c(=O)[nH]c1=O. The van der Waals surface area contributed by atoms with Crippen molar-refractivity contribution in [2.75, 3.05) is 0 Å². The number of H-pyrrole nitrogens is 1. The lowest BCUT2D eigenvalue weighted by Crippen LogP contribution is -2.32. The zero-order valence-corrected chi connectivity index (χ0v) is 9.52. The second-order valence-electron chi connectivity index (χ2n) is 3.64. The molecule has 7 heteroatoms. The van der Waals surface area contributed by atoms with E-state index in [1.54, 1.807) is 6.92 Å². The summed E-state index contributed by atoms with van der Waals surface area (Å²) in [6.07, 6.45) is 0.766. The third-order valence-electron chi connectivity index (χ3n) is 2.42. The van der Waals surface area contributed by atoms with Gasteiger partial charge in [-0.05, 0) is 12.8 Å². The highest BCUT2D eigenvalue weighted by molar-refractivity contribution is 5.73. The van der Waals surface area contributed by atoms with Gasteiger partial charge in [0.15, 0.2) is 0 Å². The van der Waals surface area contributed by atoms with Crippen molar-refractivity contribution in [1.82, 2.24) is 9.55 Å². The molecule has 1 rings (SSSR count). The van der Waals surface area contributed by atoms with Gasteiger partial charge >= 0.3 is 5.69 Å². The van der Waals surface area contributed by atoms with E-state index in [9.17, 15) is 19.5 Å². The van der Waals surface area contributed by atoms with Gasteiger partial charge in [0.1, 0.15) is 0 Å². The van der Waals surface area contributed by atoms with Crippen molar-refractivity contribution in [3.8, 4) is 5.88 Å². The lowest BCUT2D eigenvalue weighted by Gasteiger charge is -2.09. The molecule has 0 unspecified atom stereocenters. The predicted octanol–water partition coefficient (Wildman–Crippen LogP) is -0.930. The minimum Gasteiger partial charge on any atom is -0.494 e. The highest BCUT2D eigenvalue weighted by atomic mass is 16.3. The van der Waals surface area contributed by atoms with E-state index < -0.39 is 17.2 Å². The van der Waals surface area contributed by atoms with E-state index in [0.717, 1.165) is 4.57 Å². The lowest BCUT2D eigenvalue weighted by molar-refractivity contribution is -0.118. The Morgan fingerprint density at radius 3 is 2.65 bits per heavy atom. The number of amides is 1. The number of hydrogen-bond donors (Lipinski definition) is 3. The molecule has 0 saturated heterocycles. The number of rotatable bonds is 5. The number of carbonyl (C=O) groups excluding carboxylic acids is 1. The highest BCUT2D eigenvalue weighted by Crippen LogP contribution is 2.10. The van der Waals surface area contributed by atoms with Crippen LogP contribution in [0.15, 0.2) is 9.59 Å². The summed E-state index contributed by atoms with van der Waals surface area (Å²) in [5.74, 6) is -0.816. The molecule has 0 atom stereocenters. The maximum atomic E-state index is 11.4. The third-order valence-corrected chi connectivity index (χ3v) is 2.42. The molecule has 1 heterocycles. The second kappa shape index (κ2) is 5.33. The average molecular weight is 241 g/mol. The van der Waals surface area contributed by atoms with Crippen molar-refractivity contribution in [1.29, 1.82) is 0 Å². The largest absolute Gasteiger partial charge is 0.494 e. The molecule has 0 fully saturated rings. The smallest absolute Gasteiger partial charge is 0.331 e. The summed E-state index contributed by atoms with van der Waals surface area (Å²) in [5.41, 5.74) is 3.85. The molecule has 0 aromatic carbocycles. The fourth-order valence-corrected chi connectivity index (χ4v) is 1.54. The van der Waals surface area contributed by atoms with Gasteiger partial charge in [-0.15, -0.1) is 0 Å². The quantitative estimate of drug-likeness (QED) is 0.617. The Morgan fingerprint density at radius 2 is 2.12 bits per heavy atom. The van der Waals surface area contributed by atoms with Gasteiger partial charge in [-0.25, -0.2) is 4.79 Å². The van der Waals surface area contributed by atoms with Crippen molar-refractivity contribution in [3.63, 3.8) is 0 Å². The predicted molar refractivity (Wildman–Crippen MR) is 60.8 cm³/mol. The minimum absolute atomic E-state index is 0.118. The molecule has 4 N–H and O–H groups in total. The monoisotopic (exact) mass is 241 g/mol. The number of aromatic amines is 1. The molecule has 0 radical (unpaired) electrons. The molecular formula is C10H15N3O4. The van der Waals surface area contributed by atoms with Crippen LogP contribution >= 0.6 is 0 Å². The molecule has 94 valence electrons. The third kappa shape index (κ3) is 2.96. The van der Waals surface area contributed by atoms with Gasteiger partial charge in [0, 0.05) is 13.0 Å². The van der Waals surface area contributed by atoms with Gasteiger partial charge in [0.25, 0.3) is 5.56 Å². The van der Waals surface area contributed by atoms with E-state index in [2.05, 4.69) is 4.98 Å². The molecule has 0 bridgehead atoms. The minimum atomic E-state index is -0.686. The van der Waals surface area contributed by atoms with Crippen molar-refractivity contribution in [2.45, 2.75) is 32.7 Å². The Balaban J connectivity index is 3.03. The summed E-state index contributed by atoms with van der Waals surface area (Å²) in [6.45, 7) is 1.83. The first-order valence-electron chi connectivity index (χ1n) is 5.30. The van der Waals surface area contributed by atoms with Crippen LogP contribution in [0.2, 0.25) is 0 Å². The van der Waals surface area contributed by atoms with E-state index in [4.69, 9.17) is 5.73 Å². The van der Waals surface area contributed by atoms with Gasteiger partial charge < -0.3 is 10.8 Å². The highest BCUT2D eigenvalue weighted by Gasteiger charge is 2.12. The zero-order chi connectivity index (χ0) is 13.0. The average Bonchev–Trinajstić information content (AvgIpc) is 2.22. The van der Waals surface area contributed by atoms with Crippen molar-refractivity contribution in [2.24, 2.45) is 5.73 Å². The van der Waals surface area contributed by atoms with Crippen LogP contribution in [0.3, 0.4) is 0 Å². The summed E-state index contributed by atoms with van der Waals surface area (Å²) >= 11 is 0. The molecule has 7 nitrogen and oxygen atoms in total. The van der Waals surface area contributed by atoms with Gasteiger partial charge in [-0.3, -0.25) is 19.1 Å². The molecular weight excluding hydrogens is 226 g/mol. The topological polar surface area (TPSA) is 118 Å². The van der Waals surface area contributed by atoms with E-state index in [1.165, 1.54) is 0 Å². The summed E-state index contributed by atoms with van der Waals surface area (Å²) in [4.78, 5) is 35.4. The van der Waals surface area contributed by atoms with Gasteiger partial charge in [0.2, 0.25) is 11.8 Å². The van der Waals surface area contributed by atoms with E-state index in [0.29, 0.717) is 12.8 Å². The molecule has 0 saturated carbocycles. The Kier molecular flexibility index (Phi) is 4.08. The molecule has 17 heavy (non-hydrogen) atoms. The molecule has 0 aliphatic carbocycles. The first kappa shape index (κ1) is 13.0. The normalized spacial score (nSPS) is 10.4. The molecule has 0 spiro atoms. The summed E-state index contributed by atoms with van der Waals surface area (Å²) in [5, 5.41) is 9.74. The van der Waals surface area contributed by atoms with Crippen LogP contribution < -0.4 is 17.0 Å². The number of carbonyl (C=O) groups is 1. The fraction of sp³-hybridized carbons (Fsp3) is 0.500. The van der Waals surface area contributed by atoms with Crippen LogP contribution in [0.1, 0.15) is 25.3 Å². The van der Waals surface area contributed by atoms with Crippen LogP contribution in [0, 0.1) is 0 Å². The molecule has 0 aliphatic rings. The Bertz CT molecular complexity index is 529. The summed E-state index contributed by atoms with van der Waals surface area (Å²) < 4.78 is 1.03. The van der Waals surface area contributed by atoms with Crippen molar-refractivity contribution < 1.29 is 9.90 Å². The van der Waals surface area contributed by atoms with Crippen LogP contribution in [0.25, 0.3) is 0 Å². The van der Waals surface area contributed by atoms with Crippen LogP contribution in [-0.4, -0.2) is 20.6 Å². The van der Waals surface area contributed by atoms with Crippen LogP contribution in [0.4, 0.5) is 0 Å². The Labute approximate surface area is 96.9 Å². The summed E-state index contributed by atoms with van der Waals surface area (Å²) in [6, 6.07) is 0. The number of aromatic nitrogens is 2. The number of aromatic hydroxyl groups is 1. The van der Waals surface area contributed by atoms with E-state index >= 15 is 0 Å². The van der Waals surface area contributed by atoms with Crippen LogP contribution in [-0.2, 0) is 17.8 Å². The number of nitrogens with zero attached hydrogens (tertiary/aromatic N) is 1. The number of nitrogens with two attached hydrogens (primary N) is 1. The Hall–Kier alpha value is -2.05. The number of nitrogens with one attached hydrogen (secondary N) is 1. The van der Waals surface area contributed by atoms with Crippen molar-refractivity contribution >= 4 is 5.91 Å². The molecule has 1 aromatic rings. The fourth-order valence-electron chi connectivity index (χ4n) is 1.54. The lowest BCUT2D eigenvalue weighted by atomic mass is 10.2. The molecule has 0 aliphatic heterocycles. The van der Waals surface area contributed by atoms with Crippen molar-refractivity contribution in [3.05, 3.63) is 26.4 Å². The number of primary amides is 1. The zero-order valence-electron chi connectivity index (χ0n) is 9.52. The van der Waals surface area contributed by atoms with E-state index in [-0.39, 0.29) is 24.4 Å². The first-order valence-corrected chi connectivity index (χ1v) is 5.30. The number of hydrogen-bond acceptors (Lipinski definition) is 4. The summed E-state index contributed by atoms with van der Waals surface area (Å²) in [7, 11) is 0. The second-order valence-corrected chi connectivity index (χ2v) is 3.64. The first-order chi connectivity index (χ1) is 7.97. The standard InChI is InChI=1S/C10H15N3O4/c1-2-6-8(15)12-10(17)13(9(6)16)5-3-4-7(11)14/h16H,2-5H2,1H3,(H2,11,14)(H,12,15,17). The van der Waals surface area contributed by atoms with Crippen LogP contribution in [0.5, 0.6) is 5.88 Å². The molecule has 1 amide bonds. The maximum absolute atomic E-state index is 11.4.